The number of thiophene rings is 1. The summed E-state index contributed by atoms with van der Waals surface area (Å²) < 4.78 is 0. The number of rotatable bonds is 5. The molecule has 0 unspecified atom stereocenters. The van der Waals surface area contributed by atoms with Crippen LogP contribution in [0.3, 0.4) is 0 Å². The molecule has 110 valence electrons. The number of primary amides is 1. The fourth-order valence-electron chi connectivity index (χ4n) is 2.50. The molecule has 2 aromatic rings. The van der Waals surface area contributed by atoms with Crippen LogP contribution in [0.1, 0.15) is 28.1 Å². The van der Waals surface area contributed by atoms with E-state index in [9.17, 15) is 4.79 Å². The van der Waals surface area contributed by atoms with E-state index in [2.05, 4.69) is 15.2 Å². The lowest BCUT2D eigenvalue weighted by Crippen LogP contribution is -2.20. The number of anilines is 2. The van der Waals surface area contributed by atoms with Gasteiger partial charge in [0.25, 0.3) is 0 Å². The molecule has 0 atom stereocenters. The van der Waals surface area contributed by atoms with Crippen molar-refractivity contribution < 1.29 is 4.79 Å². The predicted octanol–water partition coefficient (Wildman–Crippen LogP) is 2.45. The second-order valence-electron chi connectivity index (χ2n) is 5.09. The topological polar surface area (TPSA) is 71.2 Å². The Morgan fingerprint density at radius 1 is 1.43 bits per heavy atom. The van der Waals surface area contributed by atoms with Crippen molar-refractivity contribution in [2.75, 3.05) is 23.3 Å². The SMILES string of the molecule is NC(=O)c1csc(CNc2cccnc2N2CCCC2)c1. The first-order valence-corrected chi connectivity index (χ1v) is 7.93. The highest BCUT2D eigenvalue weighted by molar-refractivity contribution is 7.10. The second kappa shape index (κ2) is 6.13. The van der Waals surface area contributed by atoms with Crippen molar-refractivity contribution in [3.8, 4) is 0 Å². The van der Waals surface area contributed by atoms with Crippen LogP contribution in [-0.2, 0) is 6.54 Å². The third kappa shape index (κ3) is 3.16. The van der Waals surface area contributed by atoms with E-state index < -0.39 is 0 Å². The zero-order valence-electron chi connectivity index (χ0n) is 11.7. The van der Waals surface area contributed by atoms with Gasteiger partial charge in [0.05, 0.1) is 11.3 Å². The maximum atomic E-state index is 11.1. The van der Waals surface area contributed by atoms with Gasteiger partial charge < -0.3 is 16.0 Å². The van der Waals surface area contributed by atoms with Crippen LogP contribution in [0.2, 0.25) is 0 Å². The highest BCUT2D eigenvalue weighted by Crippen LogP contribution is 2.27. The molecule has 1 aliphatic heterocycles. The van der Waals surface area contributed by atoms with E-state index >= 15 is 0 Å². The van der Waals surface area contributed by atoms with E-state index in [0.717, 1.165) is 29.5 Å². The molecule has 3 heterocycles. The van der Waals surface area contributed by atoms with Crippen LogP contribution in [0, 0.1) is 0 Å². The standard InChI is InChI=1S/C15H18N4OS/c16-14(20)11-8-12(21-10-11)9-18-13-4-3-5-17-15(13)19-6-1-2-7-19/h3-5,8,10,18H,1-2,6-7,9H2,(H2,16,20). The average Bonchev–Trinajstić information content (AvgIpc) is 3.17. The summed E-state index contributed by atoms with van der Waals surface area (Å²) >= 11 is 1.54. The molecule has 1 saturated heterocycles. The molecule has 0 aliphatic carbocycles. The van der Waals surface area contributed by atoms with Gasteiger partial charge in [-0.2, -0.15) is 0 Å². The van der Waals surface area contributed by atoms with Gasteiger partial charge in [-0.15, -0.1) is 11.3 Å². The Morgan fingerprint density at radius 3 is 2.95 bits per heavy atom. The molecule has 3 N–H and O–H groups in total. The smallest absolute Gasteiger partial charge is 0.249 e. The number of nitrogens with zero attached hydrogens (tertiary/aromatic N) is 2. The number of amides is 1. The van der Waals surface area contributed by atoms with Gasteiger partial charge in [-0.25, -0.2) is 4.98 Å². The minimum atomic E-state index is -0.378. The first-order chi connectivity index (χ1) is 10.2. The Bertz CT molecular complexity index is 634. The number of carbonyl (C=O) groups excluding carboxylic acids is 1. The van der Waals surface area contributed by atoms with E-state index in [0.29, 0.717) is 12.1 Å². The third-order valence-electron chi connectivity index (χ3n) is 3.58. The van der Waals surface area contributed by atoms with Gasteiger partial charge in [0.2, 0.25) is 5.91 Å². The molecule has 0 saturated carbocycles. The van der Waals surface area contributed by atoms with E-state index in [4.69, 9.17) is 5.73 Å². The Kier molecular flexibility index (Phi) is 4.06. The number of aromatic nitrogens is 1. The maximum Gasteiger partial charge on any atom is 0.249 e. The Labute approximate surface area is 127 Å². The fraction of sp³-hybridized carbons (Fsp3) is 0.333. The van der Waals surface area contributed by atoms with Gasteiger partial charge in [-0.05, 0) is 31.0 Å². The van der Waals surface area contributed by atoms with Crippen LogP contribution < -0.4 is 16.0 Å². The minimum absolute atomic E-state index is 0.378. The summed E-state index contributed by atoms with van der Waals surface area (Å²) in [7, 11) is 0. The van der Waals surface area contributed by atoms with E-state index in [1.807, 2.05) is 24.4 Å². The molecular formula is C15H18N4OS. The Balaban J connectivity index is 1.71. The number of pyridine rings is 1. The largest absolute Gasteiger partial charge is 0.377 e. The Morgan fingerprint density at radius 2 is 2.24 bits per heavy atom. The van der Waals surface area contributed by atoms with Crippen molar-refractivity contribution in [1.29, 1.82) is 0 Å². The number of nitrogens with two attached hydrogens (primary N) is 1. The van der Waals surface area contributed by atoms with Crippen LogP contribution >= 0.6 is 11.3 Å². The first kappa shape index (κ1) is 13.9. The molecule has 5 nitrogen and oxygen atoms in total. The molecule has 0 spiro atoms. The van der Waals surface area contributed by atoms with Crippen molar-refractivity contribution in [3.63, 3.8) is 0 Å². The monoisotopic (exact) mass is 302 g/mol. The summed E-state index contributed by atoms with van der Waals surface area (Å²) in [6, 6.07) is 5.82. The number of hydrogen-bond donors (Lipinski definition) is 2. The van der Waals surface area contributed by atoms with E-state index in [-0.39, 0.29) is 5.91 Å². The van der Waals surface area contributed by atoms with Gasteiger partial charge in [0.1, 0.15) is 0 Å². The highest BCUT2D eigenvalue weighted by atomic mass is 32.1. The minimum Gasteiger partial charge on any atom is -0.377 e. The van der Waals surface area contributed by atoms with Crippen molar-refractivity contribution >= 4 is 28.7 Å². The lowest BCUT2D eigenvalue weighted by molar-refractivity contribution is 0.100. The van der Waals surface area contributed by atoms with Gasteiger partial charge in [-0.3, -0.25) is 4.79 Å². The van der Waals surface area contributed by atoms with Crippen LogP contribution in [-0.4, -0.2) is 24.0 Å². The zero-order valence-corrected chi connectivity index (χ0v) is 12.5. The lowest BCUT2D eigenvalue weighted by atomic mass is 10.3. The average molecular weight is 302 g/mol. The van der Waals surface area contributed by atoms with Crippen molar-refractivity contribution in [3.05, 3.63) is 40.2 Å². The molecule has 1 aliphatic rings. The summed E-state index contributed by atoms with van der Waals surface area (Å²) in [5.74, 6) is 0.637. The van der Waals surface area contributed by atoms with Crippen molar-refractivity contribution in [1.82, 2.24) is 4.98 Å². The highest BCUT2D eigenvalue weighted by Gasteiger charge is 2.16. The second-order valence-corrected chi connectivity index (χ2v) is 6.08. The lowest BCUT2D eigenvalue weighted by Gasteiger charge is -2.20. The molecule has 21 heavy (non-hydrogen) atoms. The van der Waals surface area contributed by atoms with Crippen LogP contribution in [0.25, 0.3) is 0 Å². The van der Waals surface area contributed by atoms with Crippen molar-refractivity contribution in [2.45, 2.75) is 19.4 Å². The number of carbonyl (C=O) groups is 1. The Hall–Kier alpha value is -2.08. The molecule has 3 rings (SSSR count). The van der Waals surface area contributed by atoms with Gasteiger partial charge in [0.15, 0.2) is 5.82 Å². The molecule has 0 radical (unpaired) electrons. The summed E-state index contributed by atoms with van der Waals surface area (Å²) in [6.45, 7) is 2.80. The molecule has 1 amide bonds. The normalized spacial score (nSPS) is 14.4. The summed E-state index contributed by atoms with van der Waals surface area (Å²) in [5, 5.41) is 5.21. The van der Waals surface area contributed by atoms with E-state index in [1.54, 1.807) is 5.38 Å². The fourth-order valence-corrected chi connectivity index (χ4v) is 3.31. The summed E-state index contributed by atoms with van der Waals surface area (Å²) in [5.41, 5.74) is 6.88. The van der Waals surface area contributed by atoms with Crippen LogP contribution in [0.5, 0.6) is 0 Å². The van der Waals surface area contributed by atoms with Gasteiger partial charge in [-0.1, -0.05) is 0 Å². The molecule has 1 fully saturated rings. The molecule has 0 aromatic carbocycles. The summed E-state index contributed by atoms with van der Waals surface area (Å²) in [6.07, 6.45) is 4.28. The van der Waals surface area contributed by atoms with Crippen LogP contribution in [0.4, 0.5) is 11.5 Å². The molecule has 2 aromatic heterocycles. The van der Waals surface area contributed by atoms with E-state index in [1.165, 1.54) is 24.2 Å². The van der Waals surface area contributed by atoms with Crippen molar-refractivity contribution in [2.24, 2.45) is 5.73 Å². The van der Waals surface area contributed by atoms with Gasteiger partial charge >= 0.3 is 0 Å². The molecular weight excluding hydrogens is 284 g/mol. The molecule has 6 heteroatoms. The first-order valence-electron chi connectivity index (χ1n) is 7.05. The zero-order chi connectivity index (χ0) is 14.7. The maximum absolute atomic E-state index is 11.1. The predicted molar refractivity (Wildman–Crippen MR) is 85.8 cm³/mol. The number of nitrogens with one attached hydrogen (secondary N) is 1. The summed E-state index contributed by atoms with van der Waals surface area (Å²) in [4.78, 5) is 19.0. The number of hydrogen-bond acceptors (Lipinski definition) is 5. The van der Waals surface area contributed by atoms with Crippen LogP contribution in [0.15, 0.2) is 29.8 Å². The quantitative estimate of drug-likeness (QED) is 0.890. The van der Waals surface area contributed by atoms with Gasteiger partial charge in [0, 0.05) is 36.1 Å². The third-order valence-corrected chi connectivity index (χ3v) is 4.52. The molecule has 0 bridgehead atoms.